The van der Waals surface area contributed by atoms with E-state index in [9.17, 15) is 24.3 Å². The maximum absolute atomic E-state index is 14.1. The number of amides is 3. The van der Waals surface area contributed by atoms with Gasteiger partial charge in [0.15, 0.2) is 0 Å². The molecule has 234 valence electrons. The van der Waals surface area contributed by atoms with Crippen molar-refractivity contribution in [3.63, 3.8) is 0 Å². The molecular weight excluding hydrogens is 550 g/mol. The number of unbranched alkanes of at least 4 members (excludes halogenated alkanes) is 1. The highest BCUT2D eigenvalue weighted by Gasteiger charge is 2.75. The zero-order valence-corrected chi connectivity index (χ0v) is 25.3. The highest BCUT2D eigenvalue weighted by Crippen LogP contribution is 2.59. The first kappa shape index (κ1) is 32.4. The van der Waals surface area contributed by atoms with Gasteiger partial charge in [0.1, 0.15) is 17.7 Å². The van der Waals surface area contributed by atoms with E-state index in [0.717, 1.165) is 0 Å². The molecule has 3 aliphatic rings. The Morgan fingerprint density at radius 3 is 2.60 bits per heavy atom. The number of nitrogens with zero attached hydrogens (tertiary/aromatic N) is 2. The van der Waals surface area contributed by atoms with Crippen LogP contribution >= 0.6 is 0 Å². The molecule has 0 radical (unpaired) electrons. The van der Waals surface area contributed by atoms with Gasteiger partial charge in [-0.15, -0.1) is 13.2 Å². The van der Waals surface area contributed by atoms with Gasteiger partial charge >= 0.3 is 5.97 Å². The number of hydrogen-bond acceptors (Lipinski definition) is 7. The molecule has 0 aliphatic carbocycles. The monoisotopic (exact) mass is 595 g/mol. The second-order valence-electron chi connectivity index (χ2n) is 11.9. The molecule has 4 rings (SSSR count). The normalized spacial score (nSPS) is 26.2. The third-order valence-electron chi connectivity index (χ3n) is 8.84. The number of nitrogens with one attached hydrogen (secondary N) is 1. The summed E-state index contributed by atoms with van der Waals surface area (Å²) in [6.45, 7) is 11.9. The van der Waals surface area contributed by atoms with Crippen LogP contribution in [0.15, 0.2) is 55.6 Å². The second-order valence-corrected chi connectivity index (χ2v) is 11.9. The van der Waals surface area contributed by atoms with E-state index in [1.807, 2.05) is 44.2 Å². The number of ether oxygens (including phenoxy) is 2. The number of rotatable bonds is 16. The maximum atomic E-state index is 14.1. The van der Waals surface area contributed by atoms with Crippen molar-refractivity contribution in [3.05, 3.63) is 61.2 Å². The van der Waals surface area contributed by atoms with E-state index in [4.69, 9.17) is 9.47 Å². The fraction of sp³-hybridized carbons (Fsp3) is 0.576. The summed E-state index contributed by atoms with van der Waals surface area (Å²) < 4.78 is 12.6. The summed E-state index contributed by atoms with van der Waals surface area (Å²) in [5.74, 6) is -3.02. The zero-order valence-electron chi connectivity index (χ0n) is 25.3. The topological polar surface area (TPSA) is 125 Å². The van der Waals surface area contributed by atoms with Crippen LogP contribution in [0.1, 0.15) is 64.0 Å². The number of aliphatic hydroxyl groups excluding tert-OH is 1. The highest BCUT2D eigenvalue weighted by atomic mass is 16.6. The molecule has 3 aliphatic heterocycles. The van der Waals surface area contributed by atoms with Crippen molar-refractivity contribution in [3.8, 4) is 0 Å². The summed E-state index contributed by atoms with van der Waals surface area (Å²) in [7, 11) is 0. The third-order valence-corrected chi connectivity index (χ3v) is 8.84. The average molecular weight is 596 g/mol. The molecule has 2 N–H and O–H groups in total. The minimum Gasteiger partial charge on any atom is -0.455 e. The van der Waals surface area contributed by atoms with Crippen LogP contribution in [-0.4, -0.2) is 88.6 Å². The van der Waals surface area contributed by atoms with Crippen molar-refractivity contribution < 1.29 is 33.8 Å². The molecule has 1 aromatic carbocycles. The first-order valence-electron chi connectivity index (χ1n) is 15.3. The smallest absolute Gasteiger partial charge is 0.313 e. The van der Waals surface area contributed by atoms with Gasteiger partial charge in [-0.25, -0.2) is 0 Å². The molecule has 10 nitrogen and oxygen atoms in total. The lowest BCUT2D eigenvalue weighted by molar-refractivity contribution is -0.160. The second kappa shape index (κ2) is 14.3. The van der Waals surface area contributed by atoms with Crippen LogP contribution in [0.3, 0.4) is 0 Å². The van der Waals surface area contributed by atoms with Crippen LogP contribution in [0, 0.1) is 11.8 Å². The summed E-state index contributed by atoms with van der Waals surface area (Å²) in [6.07, 6.45) is 4.81. The van der Waals surface area contributed by atoms with Gasteiger partial charge < -0.3 is 29.7 Å². The number of likely N-dealkylation sites (tertiary alicyclic amines) is 1. The lowest BCUT2D eigenvalue weighted by atomic mass is 9.70. The average Bonchev–Trinajstić information content (AvgIpc) is 3.64. The first-order valence-corrected chi connectivity index (χ1v) is 15.3. The Kier molecular flexibility index (Phi) is 10.8. The molecule has 3 fully saturated rings. The van der Waals surface area contributed by atoms with Gasteiger partial charge in [-0.3, -0.25) is 19.2 Å². The van der Waals surface area contributed by atoms with E-state index in [1.54, 1.807) is 22.0 Å². The van der Waals surface area contributed by atoms with Crippen molar-refractivity contribution in [2.24, 2.45) is 11.8 Å². The Morgan fingerprint density at radius 2 is 1.95 bits per heavy atom. The van der Waals surface area contributed by atoms with Gasteiger partial charge in [-0.05, 0) is 51.5 Å². The van der Waals surface area contributed by atoms with Gasteiger partial charge in [-0.1, -0.05) is 42.5 Å². The minimum absolute atomic E-state index is 0.0255. The van der Waals surface area contributed by atoms with E-state index in [-0.39, 0.29) is 49.9 Å². The van der Waals surface area contributed by atoms with Crippen LogP contribution < -0.4 is 5.32 Å². The van der Waals surface area contributed by atoms with Crippen molar-refractivity contribution in [1.82, 2.24) is 15.1 Å². The van der Waals surface area contributed by atoms with Gasteiger partial charge in [0.05, 0.1) is 24.5 Å². The number of hydrogen-bond donors (Lipinski definition) is 2. The van der Waals surface area contributed by atoms with Crippen molar-refractivity contribution >= 4 is 23.7 Å². The lowest BCUT2D eigenvalue weighted by Crippen LogP contribution is -2.57. The van der Waals surface area contributed by atoms with Crippen molar-refractivity contribution in [1.29, 1.82) is 0 Å². The molecule has 3 amide bonds. The summed E-state index contributed by atoms with van der Waals surface area (Å²) in [4.78, 5) is 57.8. The predicted octanol–water partition coefficient (Wildman–Crippen LogP) is 2.92. The Hall–Kier alpha value is -3.50. The molecule has 2 bridgehead atoms. The number of benzene rings is 1. The first-order chi connectivity index (χ1) is 20.7. The standard InChI is InChI=1S/C33H45N3O7/c1-5-7-15-26(38)34-21-25(23-13-9-8-10-14-23)42-32(41)27-24-16-17-33(43-24)28(27)30(39)36(19-11-12-20-37)29(33)31(40)35(18-6-2)22(3)4/h5-6,8-10,13-14,22,24-25,27-29,37H,1-2,7,11-12,15-21H2,3-4H3,(H,34,38)/t24-,25+,27+,28+,29-,33+/m1/s1. The van der Waals surface area contributed by atoms with Crippen molar-refractivity contribution in [2.45, 2.75) is 82.3 Å². The van der Waals surface area contributed by atoms with E-state index in [1.165, 1.54) is 0 Å². The highest BCUT2D eigenvalue weighted by molar-refractivity contribution is 5.98. The summed E-state index contributed by atoms with van der Waals surface area (Å²) >= 11 is 0. The van der Waals surface area contributed by atoms with E-state index in [0.29, 0.717) is 44.2 Å². The number of carbonyl (C=O) groups is 4. The predicted molar refractivity (Wildman–Crippen MR) is 160 cm³/mol. The number of allylic oxidation sites excluding steroid dienone is 1. The molecule has 0 aromatic heterocycles. The third kappa shape index (κ3) is 6.55. The van der Waals surface area contributed by atoms with Gasteiger partial charge in [0.25, 0.3) is 0 Å². The Morgan fingerprint density at radius 1 is 1.21 bits per heavy atom. The lowest BCUT2D eigenvalue weighted by Gasteiger charge is -2.38. The molecule has 1 spiro atoms. The summed E-state index contributed by atoms with van der Waals surface area (Å²) in [5, 5.41) is 12.2. The summed E-state index contributed by atoms with van der Waals surface area (Å²) in [6, 6.07) is 8.14. The quantitative estimate of drug-likeness (QED) is 0.171. The van der Waals surface area contributed by atoms with E-state index in [2.05, 4.69) is 18.5 Å². The molecule has 6 atom stereocenters. The molecule has 3 heterocycles. The summed E-state index contributed by atoms with van der Waals surface area (Å²) in [5.41, 5.74) is -0.427. The van der Waals surface area contributed by atoms with E-state index >= 15 is 0 Å². The Bertz CT molecular complexity index is 1190. The van der Waals surface area contributed by atoms with Crippen molar-refractivity contribution in [2.75, 3.05) is 26.2 Å². The Balaban J connectivity index is 1.62. The molecule has 0 saturated carbocycles. The van der Waals surface area contributed by atoms with Crippen LogP contribution in [0.25, 0.3) is 0 Å². The minimum atomic E-state index is -1.14. The molecule has 43 heavy (non-hydrogen) atoms. The van der Waals surface area contributed by atoms with Gasteiger partial charge in [0, 0.05) is 32.2 Å². The van der Waals surface area contributed by atoms with E-state index < -0.39 is 41.7 Å². The molecule has 10 heteroatoms. The SMILES string of the molecule is C=CCCC(=O)NC[C@H](OC(=O)[C@@H]1[C@H]2C(=O)N(CCCCO)[C@H](C(=O)N(CC=C)C(C)C)[C@]23CC[C@H]1O3)c1ccccc1. The fourth-order valence-corrected chi connectivity index (χ4v) is 6.83. The fourth-order valence-electron chi connectivity index (χ4n) is 6.83. The van der Waals surface area contributed by atoms with Gasteiger partial charge in [-0.2, -0.15) is 0 Å². The molecule has 1 aromatic rings. The largest absolute Gasteiger partial charge is 0.455 e. The molecular formula is C33H45N3O7. The number of fused-ring (bicyclic) bond motifs is 1. The molecule has 3 saturated heterocycles. The number of aliphatic hydroxyl groups is 1. The van der Waals surface area contributed by atoms with Crippen LogP contribution in [0.4, 0.5) is 0 Å². The van der Waals surface area contributed by atoms with Gasteiger partial charge in [0.2, 0.25) is 17.7 Å². The Labute approximate surface area is 254 Å². The number of esters is 1. The van der Waals surface area contributed by atoms with Crippen LogP contribution in [0.5, 0.6) is 0 Å². The maximum Gasteiger partial charge on any atom is 0.313 e. The number of carbonyl (C=O) groups excluding carboxylic acids is 4. The zero-order chi connectivity index (χ0) is 31.1. The van der Waals surface area contributed by atoms with Crippen LogP contribution in [0.2, 0.25) is 0 Å². The van der Waals surface area contributed by atoms with Crippen LogP contribution in [-0.2, 0) is 28.7 Å². The molecule has 0 unspecified atom stereocenters.